The zero-order valence-corrected chi connectivity index (χ0v) is 13.0. The number of hydrogen-bond donors (Lipinski definition) is 3. The van der Waals surface area contributed by atoms with Crippen LogP contribution in [-0.4, -0.2) is 30.8 Å². The summed E-state index contributed by atoms with van der Waals surface area (Å²) < 4.78 is 30.1. The third-order valence-corrected chi connectivity index (χ3v) is 5.50. The van der Waals surface area contributed by atoms with E-state index in [9.17, 15) is 18.5 Å². The topological polar surface area (TPSA) is 104 Å². The molecule has 0 saturated heterocycles. The third-order valence-electron chi connectivity index (χ3n) is 3.81. The van der Waals surface area contributed by atoms with Crippen molar-refractivity contribution in [2.45, 2.75) is 23.9 Å². The first-order chi connectivity index (χ1) is 10.9. The van der Waals surface area contributed by atoms with Crippen LogP contribution in [0, 0.1) is 0 Å². The summed E-state index contributed by atoms with van der Waals surface area (Å²) in [7, 11) is -4.67. The van der Waals surface area contributed by atoms with E-state index in [1.54, 1.807) is 18.2 Å². The van der Waals surface area contributed by atoms with Crippen molar-refractivity contribution in [1.82, 2.24) is 0 Å². The van der Waals surface area contributed by atoms with Gasteiger partial charge in [0.15, 0.2) is 9.84 Å². The molecule has 0 amide bonds. The molecular weight excluding hydrogens is 319 g/mol. The van der Waals surface area contributed by atoms with Crippen LogP contribution in [0.4, 0.5) is 0 Å². The molecule has 0 bridgehead atoms. The maximum atomic E-state index is 12.5. The van der Waals surface area contributed by atoms with E-state index < -0.39 is 23.6 Å². The second kappa shape index (κ2) is 5.97. The van der Waals surface area contributed by atoms with Gasteiger partial charge in [-0.05, 0) is 34.8 Å². The van der Waals surface area contributed by atoms with Crippen molar-refractivity contribution < 1.29 is 28.3 Å². The molecule has 2 aromatic rings. The molecule has 0 aromatic heterocycles. The van der Waals surface area contributed by atoms with Crippen LogP contribution in [0.25, 0.3) is 0 Å². The zero-order chi connectivity index (χ0) is 16.6. The maximum absolute atomic E-state index is 12.5. The molecule has 3 N–H and O–H groups in total. The molecule has 6 nitrogen and oxygen atoms in total. The van der Waals surface area contributed by atoms with Gasteiger partial charge in [-0.2, -0.15) is 0 Å². The average Bonchev–Trinajstić information content (AvgIpc) is 2.88. The van der Waals surface area contributed by atoms with Crippen LogP contribution in [0.5, 0.6) is 5.75 Å². The van der Waals surface area contributed by atoms with Gasteiger partial charge < -0.3 is 19.9 Å². The average molecular weight is 334 g/mol. The van der Waals surface area contributed by atoms with Crippen LogP contribution in [0.15, 0.2) is 41.3 Å². The number of aliphatic hydroxyl groups is 1. The standard InChI is InChI=1S/C15H15BO6S/c17-7-12-6-13(3-4-15(12)18)23(20,21)9-10-1-2-11-8-22-16(19)14(11)5-10/h1-6,17-19H,7-9H2. The Morgan fingerprint density at radius 1 is 1.17 bits per heavy atom. The highest BCUT2D eigenvalue weighted by Crippen LogP contribution is 2.24. The van der Waals surface area contributed by atoms with Crippen molar-refractivity contribution >= 4 is 22.4 Å². The molecule has 1 aliphatic rings. The molecule has 0 aliphatic carbocycles. The number of aromatic hydroxyl groups is 1. The third kappa shape index (κ3) is 3.11. The van der Waals surface area contributed by atoms with Gasteiger partial charge in [0.05, 0.1) is 23.9 Å². The summed E-state index contributed by atoms with van der Waals surface area (Å²) >= 11 is 0. The van der Waals surface area contributed by atoms with Crippen LogP contribution < -0.4 is 5.46 Å². The van der Waals surface area contributed by atoms with E-state index in [-0.39, 0.29) is 22.0 Å². The Hall–Kier alpha value is -1.87. The van der Waals surface area contributed by atoms with Crippen LogP contribution in [0.3, 0.4) is 0 Å². The SMILES string of the molecule is O=S(=O)(Cc1ccc2c(c1)B(O)OC2)c1ccc(O)c(CO)c1. The second-order valence-corrected chi connectivity index (χ2v) is 7.39. The Kier molecular flexibility index (Phi) is 4.16. The van der Waals surface area contributed by atoms with Crippen LogP contribution in [0.2, 0.25) is 0 Å². The largest absolute Gasteiger partial charge is 0.508 e. The molecule has 2 aromatic carbocycles. The first kappa shape index (κ1) is 16.0. The first-order valence-electron chi connectivity index (χ1n) is 6.97. The van der Waals surface area contributed by atoms with Crippen LogP contribution in [0.1, 0.15) is 16.7 Å². The molecule has 120 valence electrons. The molecule has 1 heterocycles. The second-order valence-electron chi connectivity index (χ2n) is 5.40. The van der Waals surface area contributed by atoms with Gasteiger partial charge in [0.2, 0.25) is 0 Å². The Balaban J connectivity index is 1.91. The van der Waals surface area contributed by atoms with Crippen molar-refractivity contribution in [1.29, 1.82) is 0 Å². The number of fused-ring (bicyclic) bond motifs is 1. The van der Waals surface area contributed by atoms with Gasteiger partial charge in [-0.15, -0.1) is 0 Å². The molecule has 0 unspecified atom stereocenters. The van der Waals surface area contributed by atoms with Crippen LogP contribution in [-0.2, 0) is 33.5 Å². The zero-order valence-electron chi connectivity index (χ0n) is 12.1. The molecule has 23 heavy (non-hydrogen) atoms. The van der Waals surface area contributed by atoms with Gasteiger partial charge in [-0.1, -0.05) is 18.2 Å². The van der Waals surface area contributed by atoms with Crippen molar-refractivity contribution in [3.63, 3.8) is 0 Å². The van der Waals surface area contributed by atoms with Gasteiger partial charge >= 0.3 is 7.12 Å². The van der Waals surface area contributed by atoms with E-state index in [0.717, 1.165) is 5.56 Å². The van der Waals surface area contributed by atoms with E-state index in [4.69, 9.17) is 9.76 Å². The number of benzene rings is 2. The van der Waals surface area contributed by atoms with E-state index in [1.807, 2.05) is 0 Å². The summed E-state index contributed by atoms with van der Waals surface area (Å²) in [6.45, 7) is -0.140. The van der Waals surface area contributed by atoms with E-state index in [0.29, 0.717) is 17.6 Å². The van der Waals surface area contributed by atoms with Crippen molar-refractivity contribution in [2.24, 2.45) is 0 Å². The van der Waals surface area contributed by atoms with Crippen molar-refractivity contribution in [3.05, 3.63) is 53.1 Å². The van der Waals surface area contributed by atoms with Gasteiger partial charge in [-0.25, -0.2) is 8.42 Å². The van der Waals surface area contributed by atoms with Crippen LogP contribution >= 0.6 is 0 Å². The van der Waals surface area contributed by atoms with Gasteiger partial charge in [0.1, 0.15) is 5.75 Å². The smallest absolute Gasteiger partial charge is 0.491 e. The lowest BCUT2D eigenvalue weighted by Gasteiger charge is -2.09. The van der Waals surface area contributed by atoms with Gasteiger partial charge in [0.25, 0.3) is 0 Å². The molecule has 0 saturated carbocycles. The van der Waals surface area contributed by atoms with Crippen molar-refractivity contribution in [2.75, 3.05) is 0 Å². The van der Waals surface area contributed by atoms with Gasteiger partial charge in [0, 0.05) is 5.56 Å². The fourth-order valence-electron chi connectivity index (χ4n) is 2.54. The summed E-state index contributed by atoms with van der Waals surface area (Å²) in [5.41, 5.74) is 2.11. The van der Waals surface area contributed by atoms with E-state index >= 15 is 0 Å². The molecule has 0 atom stereocenters. The predicted octanol–water partition coefficient (Wildman–Crippen LogP) is 0.0761. The quantitative estimate of drug-likeness (QED) is 0.684. The maximum Gasteiger partial charge on any atom is 0.491 e. The monoisotopic (exact) mass is 334 g/mol. The number of sulfone groups is 1. The first-order valence-corrected chi connectivity index (χ1v) is 8.63. The molecule has 0 spiro atoms. The number of aliphatic hydroxyl groups excluding tert-OH is 1. The van der Waals surface area contributed by atoms with Gasteiger partial charge in [-0.3, -0.25) is 0 Å². The van der Waals surface area contributed by atoms with E-state index in [1.165, 1.54) is 18.2 Å². The fraction of sp³-hybridized carbons (Fsp3) is 0.200. The summed E-state index contributed by atoms with van der Waals surface area (Å²) in [5, 5.41) is 28.4. The molecule has 1 aliphatic heterocycles. The van der Waals surface area contributed by atoms with Crippen molar-refractivity contribution in [3.8, 4) is 5.75 Å². The Morgan fingerprint density at radius 3 is 2.70 bits per heavy atom. The highest BCUT2D eigenvalue weighted by atomic mass is 32.2. The molecule has 0 fully saturated rings. The highest BCUT2D eigenvalue weighted by Gasteiger charge is 2.28. The minimum absolute atomic E-state index is 0.0247. The molecule has 8 heteroatoms. The minimum Gasteiger partial charge on any atom is -0.508 e. The summed E-state index contributed by atoms with van der Waals surface area (Å²) in [6, 6.07) is 8.86. The fourth-order valence-corrected chi connectivity index (χ4v) is 3.92. The summed E-state index contributed by atoms with van der Waals surface area (Å²) in [5.74, 6) is -0.396. The number of hydrogen-bond acceptors (Lipinski definition) is 6. The lowest BCUT2D eigenvalue weighted by molar-refractivity contribution is 0.275. The molecule has 0 radical (unpaired) electrons. The molecular formula is C15H15BO6S. The Morgan fingerprint density at radius 2 is 1.96 bits per heavy atom. The number of rotatable bonds is 4. The summed E-state index contributed by atoms with van der Waals surface area (Å²) in [6.07, 6.45) is 0. The lowest BCUT2D eigenvalue weighted by Crippen LogP contribution is -2.28. The molecule has 3 rings (SSSR count). The lowest BCUT2D eigenvalue weighted by atomic mass is 9.79. The minimum atomic E-state index is -3.64. The Bertz CT molecular complexity index is 849. The normalized spacial score (nSPS) is 14.1. The number of phenols is 1. The highest BCUT2D eigenvalue weighted by molar-refractivity contribution is 7.90. The Labute approximate surface area is 134 Å². The predicted molar refractivity (Wildman–Crippen MR) is 83.8 cm³/mol. The summed E-state index contributed by atoms with van der Waals surface area (Å²) in [4.78, 5) is 0.0247. The van der Waals surface area contributed by atoms with E-state index in [2.05, 4.69) is 0 Å².